The summed E-state index contributed by atoms with van der Waals surface area (Å²) in [7, 11) is -3.87. The molecule has 0 aliphatic rings. The second-order valence-electron chi connectivity index (χ2n) is 4.84. The molecule has 0 spiro atoms. The first kappa shape index (κ1) is 16.5. The summed E-state index contributed by atoms with van der Waals surface area (Å²) in [6.45, 7) is 3.33. The molecule has 0 aliphatic heterocycles. The summed E-state index contributed by atoms with van der Waals surface area (Å²) in [6.07, 6.45) is 0. The smallest absolute Gasteiger partial charge is 0.335 e. The molecule has 0 bridgehead atoms. The summed E-state index contributed by atoms with van der Waals surface area (Å²) in [5.41, 5.74) is 1.46. The van der Waals surface area contributed by atoms with E-state index in [0.29, 0.717) is 16.8 Å². The molecule has 22 heavy (non-hydrogen) atoms. The molecular formula is C15H14BrNO4S. The van der Waals surface area contributed by atoms with Crippen molar-refractivity contribution in [1.82, 2.24) is 0 Å². The van der Waals surface area contributed by atoms with Gasteiger partial charge < -0.3 is 5.11 Å². The van der Waals surface area contributed by atoms with Crippen LogP contribution in [0, 0.1) is 13.8 Å². The fourth-order valence-electron chi connectivity index (χ4n) is 1.99. The molecular weight excluding hydrogens is 370 g/mol. The van der Waals surface area contributed by atoms with Gasteiger partial charge in [0, 0.05) is 10.2 Å². The van der Waals surface area contributed by atoms with Gasteiger partial charge in [0.15, 0.2) is 0 Å². The fraction of sp³-hybridized carbons (Fsp3) is 0.133. The van der Waals surface area contributed by atoms with E-state index >= 15 is 0 Å². The molecule has 0 saturated carbocycles. The maximum absolute atomic E-state index is 12.5. The van der Waals surface area contributed by atoms with E-state index in [1.165, 1.54) is 12.1 Å². The largest absolute Gasteiger partial charge is 0.478 e. The summed E-state index contributed by atoms with van der Waals surface area (Å²) in [5, 5.41) is 9.10. The second-order valence-corrected chi connectivity index (χ2v) is 7.40. The van der Waals surface area contributed by atoms with E-state index in [9.17, 15) is 13.2 Å². The molecule has 116 valence electrons. The van der Waals surface area contributed by atoms with Crippen LogP contribution in [0.2, 0.25) is 0 Å². The van der Waals surface area contributed by atoms with Gasteiger partial charge in [-0.1, -0.05) is 22.0 Å². The standard InChI is InChI=1S/C15H14BrNO4S/c1-9-6-11(15(18)19)7-14(10(9)2)22(20,21)17-13-5-3-4-12(16)8-13/h3-8,17H,1-2H3,(H,18,19). The third kappa shape index (κ3) is 3.48. The van der Waals surface area contributed by atoms with Crippen LogP contribution >= 0.6 is 15.9 Å². The number of aryl methyl sites for hydroxylation is 1. The number of anilines is 1. The number of nitrogens with one attached hydrogen (secondary N) is 1. The minimum atomic E-state index is -3.87. The zero-order valence-electron chi connectivity index (χ0n) is 11.9. The molecule has 2 N–H and O–H groups in total. The Kier molecular flexibility index (Phi) is 4.58. The Labute approximate surface area is 137 Å². The highest BCUT2D eigenvalue weighted by molar-refractivity contribution is 9.10. The van der Waals surface area contributed by atoms with Crippen molar-refractivity contribution in [2.24, 2.45) is 0 Å². The summed E-state index contributed by atoms with van der Waals surface area (Å²) in [4.78, 5) is 11.1. The lowest BCUT2D eigenvalue weighted by atomic mass is 10.1. The molecule has 2 aromatic carbocycles. The zero-order chi connectivity index (χ0) is 16.5. The molecule has 0 fully saturated rings. The van der Waals surface area contributed by atoms with E-state index in [0.717, 1.165) is 4.47 Å². The molecule has 2 rings (SSSR count). The number of carbonyl (C=O) groups is 1. The monoisotopic (exact) mass is 383 g/mol. The van der Waals surface area contributed by atoms with Crippen LogP contribution in [0.5, 0.6) is 0 Å². The van der Waals surface area contributed by atoms with E-state index in [2.05, 4.69) is 20.7 Å². The van der Waals surface area contributed by atoms with Gasteiger partial charge in [0.05, 0.1) is 10.5 Å². The van der Waals surface area contributed by atoms with Gasteiger partial charge in [0.2, 0.25) is 0 Å². The van der Waals surface area contributed by atoms with Crippen molar-refractivity contribution in [1.29, 1.82) is 0 Å². The summed E-state index contributed by atoms with van der Waals surface area (Å²) in [5.74, 6) is -1.16. The maximum Gasteiger partial charge on any atom is 0.335 e. The van der Waals surface area contributed by atoms with Crippen molar-refractivity contribution in [2.75, 3.05) is 4.72 Å². The third-order valence-electron chi connectivity index (χ3n) is 3.23. The molecule has 2 aromatic rings. The molecule has 0 heterocycles. The summed E-state index contributed by atoms with van der Waals surface area (Å²) >= 11 is 3.27. The van der Waals surface area contributed by atoms with Crippen LogP contribution < -0.4 is 4.72 Å². The lowest BCUT2D eigenvalue weighted by Crippen LogP contribution is -2.16. The van der Waals surface area contributed by atoms with Crippen molar-refractivity contribution in [3.05, 3.63) is 57.6 Å². The van der Waals surface area contributed by atoms with Crippen LogP contribution in [0.4, 0.5) is 5.69 Å². The number of benzene rings is 2. The maximum atomic E-state index is 12.5. The Bertz CT molecular complexity index is 847. The number of rotatable bonds is 4. The first-order chi connectivity index (χ1) is 10.2. The van der Waals surface area contributed by atoms with Crippen LogP contribution in [0.3, 0.4) is 0 Å². The topological polar surface area (TPSA) is 83.5 Å². The Morgan fingerprint density at radius 2 is 1.86 bits per heavy atom. The zero-order valence-corrected chi connectivity index (χ0v) is 14.3. The van der Waals surface area contributed by atoms with Gasteiger partial charge >= 0.3 is 5.97 Å². The first-order valence-corrected chi connectivity index (χ1v) is 8.61. The van der Waals surface area contributed by atoms with Crippen LogP contribution in [0.15, 0.2) is 45.8 Å². The van der Waals surface area contributed by atoms with Gasteiger partial charge in [-0.05, 0) is 55.3 Å². The number of carboxylic acids is 1. The van der Waals surface area contributed by atoms with Crippen LogP contribution in [0.1, 0.15) is 21.5 Å². The van der Waals surface area contributed by atoms with E-state index in [1.54, 1.807) is 38.1 Å². The molecule has 7 heteroatoms. The first-order valence-electron chi connectivity index (χ1n) is 6.33. The van der Waals surface area contributed by atoms with Crippen LogP contribution in [0.25, 0.3) is 0 Å². The van der Waals surface area contributed by atoms with Crippen molar-refractivity contribution in [3.8, 4) is 0 Å². The van der Waals surface area contributed by atoms with Gasteiger partial charge in [0.1, 0.15) is 0 Å². The minimum absolute atomic E-state index is 0.0372. The molecule has 0 aliphatic carbocycles. The molecule has 0 aromatic heterocycles. The van der Waals surface area contributed by atoms with Gasteiger partial charge in [-0.25, -0.2) is 13.2 Å². The van der Waals surface area contributed by atoms with Crippen LogP contribution in [-0.4, -0.2) is 19.5 Å². The van der Waals surface area contributed by atoms with Crippen molar-refractivity contribution >= 4 is 37.6 Å². The Morgan fingerprint density at radius 1 is 1.18 bits per heavy atom. The SMILES string of the molecule is Cc1cc(C(=O)O)cc(S(=O)(=O)Nc2cccc(Br)c2)c1C. The Hall–Kier alpha value is -1.86. The van der Waals surface area contributed by atoms with Crippen molar-refractivity contribution in [3.63, 3.8) is 0 Å². The van der Waals surface area contributed by atoms with Gasteiger partial charge in [0.25, 0.3) is 10.0 Å². The van der Waals surface area contributed by atoms with Crippen molar-refractivity contribution < 1.29 is 18.3 Å². The molecule has 0 radical (unpaired) electrons. The van der Waals surface area contributed by atoms with E-state index in [-0.39, 0.29) is 10.5 Å². The minimum Gasteiger partial charge on any atom is -0.478 e. The predicted octanol–water partition coefficient (Wildman–Crippen LogP) is 3.56. The van der Waals surface area contributed by atoms with E-state index in [1.807, 2.05) is 0 Å². The molecule has 0 atom stereocenters. The lowest BCUT2D eigenvalue weighted by Gasteiger charge is -2.13. The molecule has 0 saturated heterocycles. The number of halogens is 1. The predicted molar refractivity (Wildman–Crippen MR) is 87.8 cm³/mol. The highest BCUT2D eigenvalue weighted by atomic mass is 79.9. The van der Waals surface area contributed by atoms with Gasteiger partial charge in [-0.3, -0.25) is 4.72 Å². The third-order valence-corrected chi connectivity index (χ3v) is 5.23. The molecule has 5 nitrogen and oxygen atoms in total. The average Bonchev–Trinajstić information content (AvgIpc) is 2.40. The van der Waals surface area contributed by atoms with Crippen LogP contribution in [-0.2, 0) is 10.0 Å². The second kappa shape index (κ2) is 6.10. The number of hydrogen-bond donors (Lipinski definition) is 2. The number of sulfonamides is 1. The molecule has 0 amide bonds. The van der Waals surface area contributed by atoms with Gasteiger partial charge in [-0.15, -0.1) is 0 Å². The number of hydrogen-bond acceptors (Lipinski definition) is 3. The highest BCUT2D eigenvalue weighted by Gasteiger charge is 2.21. The number of aromatic carboxylic acids is 1. The quantitative estimate of drug-likeness (QED) is 0.844. The van der Waals surface area contributed by atoms with E-state index in [4.69, 9.17) is 5.11 Å². The fourth-order valence-corrected chi connectivity index (χ4v) is 3.78. The Balaban J connectivity index is 2.51. The average molecular weight is 384 g/mol. The lowest BCUT2D eigenvalue weighted by molar-refractivity contribution is 0.0696. The molecule has 0 unspecified atom stereocenters. The van der Waals surface area contributed by atoms with E-state index < -0.39 is 16.0 Å². The normalized spacial score (nSPS) is 11.2. The highest BCUT2D eigenvalue weighted by Crippen LogP contribution is 2.25. The Morgan fingerprint density at radius 3 is 2.45 bits per heavy atom. The summed E-state index contributed by atoms with van der Waals surface area (Å²) in [6, 6.07) is 9.35. The van der Waals surface area contributed by atoms with Crippen molar-refractivity contribution in [2.45, 2.75) is 18.7 Å². The number of carboxylic acid groups (broad SMARTS) is 1. The summed E-state index contributed by atoms with van der Waals surface area (Å²) < 4.78 is 28.3. The van der Waals surface area contributed by atoms with Gasteiger partial charge in [-0.2, -0.15) is 0 Å².